The number of non-ortho nitro benzene ring substituents is 1. The molecule has 0 radical (unpaired) electrons. The van der Waals surface area contributed by atoms with E-state index in [9.17, 15) is 14.9 Å². The third-order valence-corrected chi connectivity index (χ3v) is 3.83. The quantitative estimate of drug-likeness (QED) is 0.663. The molecular formula is C12H14BrN3O3. The predicted octanol–water partition coefficient (Wildman–Crippen LogP) is 1.92. The first-order chi connectivity index (χ1) is 8.99. The Balaban J connectivity index is 2.27. The zero-order valence-corrected chi connectivity index (χ0v) is 11.8. The van der Waals surface area contributed by atoms with Gasteiger partial charge in [-0.05, 0) is 34.8 Å². The van der Waals surface area contributed by atoms with Gasteiger partial charge in [-0.2, -0.15) is 0 Å². The number of amides is 1. The molecule has 1 fully saturated rings. The summed E-state index contributed by atoms with van der Waals surface area (Å²) < 4.78 is 0.558. The molecule has 1 aliphatic rings. The molecule has 102 valence electrons. The third-order valence-electron chi connectivity index (χ3n) is 3.14. The predicted molar refractivity (Wildman–Crippen MR) is 73.9 cm³/mol. The molecule has 19 heavy (non-hydrogen) atoms. The van der Waals surface area contributed by atoms with Crippen molar-refractivity contribution in [3.63, 3.8) is 0 Å². The number of rotatable bonds is 2. The Labute approximate surface area is 118 Å². The lowest BCUT2D eigenvalue weighted by Crippen LogP contribution is -2.45. The Morgan fingerprint density at radius 3 is 2.89 bits per heavy atom. The van der Waals surface area contributed by atoms with E-state index in [1.165, 1.54) is 18.2 Å². The van der Waals surface area contributed by atoms with Crippen molar-refractivity contribution in [1.29, 1.82) is 0 Å². The molecule has 6 nitrogen and oxygen atoms in total. The van der Waals surface area contributed by atoms with Gasteiger partial charge in [0, 0.05) is 35.7 Å². The number of hydrogen-bond donors (Lipinski definition) is 1. The van der Waals surface area contributed by atoms with Crippen LogP contribution in [0.5, 0.6) is 0 Å². The van der Waals surface area contributed by atoms with E-state index in [0.717, 1.165) is 12.8 Å². The maximum Gasteiger partial charge on any atom is 0.270 e. The second kappa shape index (κ2) is 5.66. The number of nitrogens with zero attached hydrogens (tertiary/aromatic N) is 2. The van der Waals surface area contributed by atoms with Crippen LogP contribution in [0.2, 0.25) is 0 Å². The van der Waals surface area contributed by atoms with Crippen LogP contribution < -0.4 is 5.73 Å². The van der Waals surface area contributed by atoms with Gasteiger partial charge in [0.2, 0.25) is 0 Å². The van der Waals surface area contributed by atoms with Crippen molar-refractivity contribution in [2.75, 3.05) is 13.1 Å². The molecule has 2 rings (SSSR count). The van der Waals surface area contributed by atoms with Gasteiger partial charge in [-0.3, -0.25) is 14.9 Å². The molecule has 0 spiro atoms. The smallest absolute Gasteiger partial charge is 0.270 e. The van der Waals surface area contributed by atoms with Gasteiger partial charge < -0.3 is 10.6 Å². The lowest BCUT2D eigenvalue weighted by atomic mass is 10.1. The van der Waals surface area contributed by atoms with Crippen molar-refractivity contribution in [3.8, 4) is 0 Å². The summed E-state index contributed by atoms with van der Waals surface area (Å²) in [7, 11) is 0. The van der Waals surface area contributed by atoms with Crippen molar-refractivity contribution in [1.82, 2.24) is 4.90 Å². The average molecular weight is 328 g/mol. The summed E-state index contributed by atoms with van der Waals surface area (Å²) in [4.78, 5) is 24.3. The number of carbonyl (C=O) groups is 1. The normalized spacial score (nSPS) is 19.3. The van der Waals surface area contributed by atoms with E-state index in [4.69, 9.17) is 5.73 Å². The molecule has 1 unspecified atom stereocenters. The number of halogens is 1. The molecule has 1 amide bonds. The molecule has 1 aliphatic heterocycles. The summed E-state index contributed by atoms with van der Waals surface area (Å²) in [6.07, 6.45) is 1.76. The van der Waals surface area contributed by atoms with E-state index in [2.05, 4.69) is 15.9 Å². The van der Waals surface area contributed by atoms with Crippen LogP contribution >= 0.6 is 15.9 Å². The van der Waals surface area contributed by atoms with Crippen molar-refractivity contribution in [2.45, 2.75) is 18.9 Å². The summed E-state index contributed by atoms with van der Waals surface area (Å²) in [6.45, 7) is 1.13. The fraction of sp³-hybridized carbons (Fsp3) is 0.417. The van der Waals surface area contributed by atoms with E-state index in [1.807, 2.05) is 0 Å². The summed E-state index contributed by atoms with van der Waals surface area (Å²) in [5.74, 6) is -0.217. The molecule has 2 N–H and O–H groups in total. The van der Waals surface area contributed by atoms with Gasteiger partial charge >= 0.3 is 0 Å². The van der Waals surface area contributed by atoms with E-state index in [0.29, 0.717) is 23.1 Å². The lowest BCUT2D eigenvalue weighted by Gasteiger charge is -2.31. The van der Waals surface area contributed by atoms with Crippen LogP contribution in [-0.2, 0) is 0 Å². The number of hydrogen-bond acceptors (Lipinski definition) is 4. The third kappa shape index (κ3) is 3.10. The summed E-state index contributed by atoms with van der Waals surface area (Å²) in [5, 5.41) is 10.8. The molecule has 0 saturated carbocycles. The molecule has 1 aromatic rings. The van der Waals surface area contributed by atoms with Crippen molar-refractivity contribution in [3.05, 3.63) is 38.3 Å². The van der Waals surface area contributed by atoms with Crippen LogP contribution in [0.15, 0.2) is 22.7 Å². The van der Waals surface area contributed by atoms with Crippen molar-refractivity contribution < 1.29 is 9.72 Å². The summed E-state index contributed by atoms with van der Waals surface area (Å²) in [6, 6.07) is 4.17. The van der Waals surface area contributed by atoms with E-state index >= 15 is 0 Å². The molecule has 1 atom stereocenters. The van der Waals surface area contributed by atoms with Gasteiger partial charge in [0.1, 0.15) is 0 Å². The number of carbonyl (C=O) groups excluding carboxylic acids is 1. The Morgan fingerprint density at radius 1 is 1.53 bits per heavy atom. The van der Waals surface area contributed by atoms with Crippen LogP contribution in [0.4, 0.5) is 5.69 Å². The van der Waals surface area contributed by atoms with Crippen LogP contribution in [-0.4, -0.2) is 34.9 Å². The SMILES string of the molecule is NC1CCCN(C(=O)c2cc([N+](=O)[O-])ccc2Br)C1. The Hall–Kier alpha value is -1.47. The highest BCUT2D eigenvalue weighted by atomic mass is 79.9. The van der Waals surface area contributed by atoms with Gasteiger partial charge in [-0.15, -0.1) is 0 Å². The van der Waals surface area contributed by atoms with E-state index in [-0.39, 0.29) is 17.6 Å². The van der Waals surface area contributed by atoms with Gasteiger partial charge in [0.05, 0.1) is 10.5 Å². The molecule has 0 aromatic heterocycles. The minimum atomic E-state index is -0.509. The molecule has 7 heteroatoms. The van der Waals surface area contributed by atoms with Crippen molar-refractivity contribution in [2.24, 2.45) is 5.73 Å². The number of piperidine rings is 1. The van der Waals surface area contributed by atoms with Crippen LogP contribution in [0.3, 0.4) is 0 Å². The first-order valence-electron chi connectivity index (χ1n) is 5.98. The topological polar surface area (TPSA) is 89.5 Å². The number of likely N-dealkylation sites (tertiary alicyclic amines) is 1. The number of nitro groups is 1. The molecule has 0 aliphatic carbocycles. The fourth-order valence-corrected chi connectivity index (χ4v) is 2.57. The lowest BCUT2D eigenvalue weighted by molar-refractivity contribution is -0.384. The Kier molecular flexibility index (Phi) is 4.16. The summed E-state index contributed by atoms with van der Waals surface area (Å²) >= 11 is 3.26. The monoisotopic (exact) mass is 327 g/mol. The van der Waals surface area contributed by atoms with Crippen LogP contribution in [0.1, 0.15) is 23.2 Å². The van der Waals surface area contributed by atoms with E-state index < -0.39 is 4.92 Å². The highest BCUT2D eigenvalue weighted by molar-refractivity contribution is 9.10. The number of nitro benzene ring substituents is 1. The zero-order valence-electron chi connectivity index (χ0n) is 10.2. The molecular weight excluding hydrogens is 314 g/mol. The molecule has 1 aromatic carbocycles. The standard InChI is InChI=1S/C12H14BrN3O3/c13-11-4-3-9(16(18)19)6-10(11)12(17)15-5-1-2-8(14)7-15/h3-4,6,8H,1-2,5,7,14H2. The maximum atomic E-state index is 12.4. The molecule has 1 saturated heterocycles. The zero-order chi connectivity index (χ0) is 14.0. The second-order valence-electron chi connectivity index (χ2n) is 4.57. The fourth-order valence-electron chi connectivity index (χ4n) is 2.16. The Morgan fingerprint density at radius 2 is 2.26 bits per heavy atom. The number of nitrogens with two attached hydrogens (primary N) is 1. The maximum absolute atomic E-state index is 12.4. The second-order valence-corrected chi connectivity index (χ2v) is 5.43. The van der Waals surface area contributed by atoms with E-state index in [1.54, 1.807) is 4.90 Å². The minimum absolute atomic E-state index is 0.0184. The van der Waals surface area contributed by atoms with Gasteiger partial charge in [-0.1, -0.05) is 0 Å². The average Bonchev–Trinajstić information content (AvgIpc) is 2.38. The first kappa shape index (κ1) is 14.0. The van der Waals surface area contributed by atoms with Crippen LogP contribution in [0.25, 0.3) is 0 Å². The highest BCUT2D eigenvalue weighted by Gasteiger charge is 2.25. The van der Waals surface area contributed by atoms with Gasteiger partial charge in [0.15, 0.2) is 0 Å². The highest BCUT2D eigenvalue weighted by Crippen LogP contribution is 2.24. The molecule has 0 bridgehead atoms. The summed E-state index contributed by atoms with van der Waals surface area (Å²) in [5.41, 5.74) is 6.06. The number of benzene rings is 1. The molecule has 1 heterocycles. The largest absolute Gasteiger partial charge is 0.337 e. The van der Waals surface area contributed by atoms with Crippen LogP contribution in [0, 0.1) is 10.1 Å². The van der Waals surface area contributed by atoms with Gasteiger partial charge in [-0.25, -0.2) is 0 Å². The minimum Gasteiger partial charge on any atom is -0.337 e. The van der Waals surface area contributed by atoms with Gasteiger partial charge in [0.25, 0.3) is 11.6 Å². The Bertz CT molecular complexity index is 521. The van der Waals surface area contributed by atoms with Crippen molar-refractivity contribution >= 4 is 27.5 Å². The first-order valence-corrected chi connectivity index (χ1v) is 6.77.